The van der Waals surface area contributed by atoms with E-state index in [1.807, 2.05) is 6.92 Å². The Morgan fingerprint density at radius 1 is 1.35 bits per heavy atom. The lowest BCUT2D eigenvalue weighted by molar-refractivity contribution is -0.127. The normalized spacial score (nSPS) is 20.6. The fourth-order valence-corrected chi connectivity index (χ4v) is 3.31. The van der Waals surface area contributed by atoms with Crippen LogP contribution in [0.3, 0.4) is 0 Å². The molecule has 1 aromatic rings. The maximum atomic E-state index is 11.9. The van der Waals surface area contributed by atoms with Gasteiger partial charge in [0.2, 0.25) is 5.91 Å². The summed E-state index contributed by atoms with van der Waals surface area (Å²) in [7, 11) is 3.51. The van der Waals surface area contributed by atoms with Crippen LogP contribution in [0, 0.1) is 5.92 Å². The number of carbonyl (C=O) groups excluding carboxylic acids is 1. The Balaban J connectivity index is 2.07. The molecule has 0 radical (unpaired) electrons. The van der Waals surface area contributed by atoms with Crippen molar-refractivity contribution in [1.29, 1.82) is 0 Å². The van der Waals surface area contributed by atoms with Crippen LogP contribution in [-0.4, -0.2) is 61.9 Å². The Kier molecular flexibility index (Phi) is 7.25. The third-order valence-electron chi connectivity index (χ3n) is 4.84. The molecule has 2 unspecified atom stereocenters. The maximum absolute atomic E-state index is 11.9. The Morgan fingerprint density at radius 3 is 2.62 bits per heavy atom. The predicted octanol–water partition coefficient (Wildman–Crippen LogP) is 2.72. The molecule has 1 N–H and O–H groups in total. The summed E-state index contributed by atoms with van der Waals surface area (Å²) in [5.41, 5.74) is 2.46. The van der Waals surface area contributed by atoms with Crippen LogP contribution in [0.5, 0.6) is 0 Å². The number of aliphatic imine (C=N–C) groups is 1. The number of nitrogens with zero attached hydrogens (tertiary/aromatic N) is 3. The van der Waals surface area contributed by atoms with Crippen molar-refractivity contribution >= 4 is 11.9 Å². The molecule has 2 rings (SSSR count). The number of amides is 1. The lowest BCUT2D eigenvalue weighted by Crippen LogP contribution is -2.48. The highest BCUT2D eigenvalue weighted by Crippen LogP contribution is 2.32. The minimum atomic E-state index is 0.00634. The molecule has 1 aliphatic heterocycles. The van der Waals surface area contributed by atoms with Gasteiger partial charge in [-0.15, -0.1) is 0 Å². The molecule has 1 saturated heterocycles. The number of piperidine rings is 1. The Morgan fingerprint density at radius 2 is 2.04 bits per heavy atom. The zero-order chi connectivity index (χ0) is 19.1. The molecule has 5 nitrogen and oxygen atoms in total. The summed E-state index contributed by atoms with van der Waals surface area (Å²) < 4.78 is 0. The monoisotopic (exact) mass is 356 g/mol. The lowest BCUT2D eigenvalue weighted by atomic mass is 9.82. The van der Waals surface area contributed by atoms with Gasteiger partial charge in [0.1, 0.15) is 6.54 Å². The second-order valence-electron chi connectivity index (χ2n) is 7.47. The number of hydrogen-bond acceptors (Lipinski definition) is 2. The highest BCUT2D eigenvalue weighted by atomic mass is 16.2. The number of carbonyl (C=O) groups is 1. The molecule has 0 spiro atoms. The van der Waals surface area contributed by atoms with E-state index in [2.05, 4.69) is 59.0 Å². The number of likely N-dealkylation sites (tertiary alicyclic amines) is 1. The molecule has 1 amide bonds. The molecule has 0 aromatic heterocycles. The van der Waals surface area contributed by atoms with Gasteiger partial charge in [-0.3, -0.25) is 4.79 Å². The fourth-order valence-electron chi connectivity index (χ4n) is 3.31. The minimum absolute atomic E-state index is 0.00634. The van der Waals surface area contributed by atoms with Crippen molar-refractivity contribution in [3.05, 3.63) is 48.0 Å². The molecular weight excluding hydrogens is 324 g/mol. The summed E-state index contributed by atoms with van der Waals surface area (Å²) >= 11 is 0. The number of hydrogen-bond donors (Lipinski definition) is 1. The van der Waals surface area contributed by atoms with Gasteiger partial charge in [0, 0.05) is 33.7 Å². The predicted molar refractivity (Wildman–Crippen MR) is 108 cm³/mol. The molecule has 5 heteroatoms. The quantitative estimate of drug-likeness (QED) is 0.501. The highest BCUT2D eigenvalue weighted by molar-refractivity contribution is 5.85. The molecule has 1 aliphatic rings. The number of benzene rings is 1. The molecule has 1 heterocycles. The van der Waals surface area contributed by atoms with Gasteiger partial charge in [0.05, 0.1) is 0 Å². The minimum Gasteiger partial charge on any atom is -0.353 e. The average molecular weight is 357 g/mol. The van der Waals surface area contributed by atoms with Crippen molar-refractivity contribution in [2.24, 2.45) is 10.9 Å². The van der Waals surface area contributed by atoms with Gasteiger partial charge in [-0.05, 0) is 30.7 Å². The first-order chi connectivity index (χ1) is 12.4. The first-order valence-electron chi connectivity index (χ1n) is 9.31. The number of guanidine groups is 1. The van der Waals surface area contributed by atoms with Crippen LogP contribution in [0.15, 0.2) is 47.5 Å². The van der Waals surface area contributed by atoms with Crippen LogP contribution in [0.1, 0.15) is 31.7 Å². The smallest absolute Gasteiger partial charge is 0.243 e. The summed E-state index contributed by atoms with van der Waals surface area (Å²) in [5, 5.41) is 3.36. The number of rotatable bonds is 5. The highest BCUT2D eigenvalue weighted by Gasteiger charge is 2.28. The van der Waals surface area contributed by atoms with Crippen LogP contribution in [0.2, 0.25) is 0 Å². The van der Waals surface area contributed by atoms with E-state index in [1.165, 1.54) is 5.56 Å². The molecule has 142 valence electrons. The SMILES string of the molecule is C=C(C)CNC(=NCC(=O)N(C)C)N1CCC(c2ccccc2)C(C)C1. The van der Waals surface area contributed by atoms with Gasteiger partial charge in [-0.2, -0.15) is 0 Å². The first kappa shape index (κ1) is 20.0. The van der Waals surface area contributed by atoms with E-state index in [4.69, 9.17) is 0 Å². The number of likely N-dealkylation sites (N-methyl/N-ethyl adjacent to an activating group) is 1. The van der Waals surface area contributed by atoms with Crippen LogP contribution < -0.4 is 5.32 Å². The van der Waals surface area contributed by atoms with E-state index in [-0.39, 0.29) is 12.5 Å². The van der Waals surface area contributed by atoms with Crippen molar-refractivity contribution in [2.45, 2.75) is 26.2 Å². The van der Waals surface area contributed by atoms with Crippen LogP contribution >= 0.6 is 0 Å². The Labute approximate surface area is 157 Å². The van der Waals surface area contributed by atoms with E-state index in [9.17, 15) is 4.79 Å². The maximum Gasteiger partial charge on any atom is 0.243 e. The number of nitrogens with one attached hydrogen (secondary N) is 1. The molecule has 0 bridgehead atoms. The average Bonchev–Trinajstić information content (AvgIpc) is 2.61. The molecule has 1 fully saturated rings. The fraction of sp³-hybridized carbons (Fsp3) is 0.524. The van der Waals surface area contributed by atoms with Gasteiger partial charge < -0.3 is 15.1 Å². The second kappa shape index (κ2) is 9.41. The zero-order valence-electron chi connectivity index (χ0n) is 16.5. The molecular formula is C21H32N4O. The molecule has 1 aromatic carbocycles. The summed E-state index contributed by atoms with van der Waals surface area (Å²) in [6.45, 7) is 10.9. The Hall–Kier alpha value is -2.30. The standard InChI is InChI=1S/C21H32N4O/c1-16(2)13-22-21(23-14-20(26)24(4)5)25-12-11-19(17(3)15-25)18-9-7-6-8-10-18/h6-10,17,19H,1,11-15H2,2-5H3,(H,22,23). The summed E-state index contributed by atoms with van der Waals surface area (Å²) in [5.74, 6) is 1.90. The molecule has 0 aliphatic carbocycles. The van der Waals surface area contributed by atoms with E-state index >= 15 is 0 Å². The van der Waals surface area contributed by atoms with E-state index in [0.29, 0.717) is 18.4 Å². The van der Waals surface area contributed by atoms with Crippen LogP contribution in [0.25, 0.3) is 0 Å². The molecule has 0 saturated carbocycles. The van der Waals surface area contributed by atoms with E-state index < -0.39 is 0 Å². The van der Waals surface area contributed by atoms with Crippen molar-refractivity contribution < 1.29 is 4.79 Å². The van der Waals surface area contributed by atoms with Crippen LogP contribution in [0.4, 0.5) is 0 Å². The summed E-state index contributed by atoms with van der Waals surface area (Å²) in [4.78, 5) is 20.3. The van der Waals surface area contributed by atoms with Gasteiger partial charge >= 0.3 is 0 Å². The molecule has 2 atom stereocenters. The van der Waals surface area contributed by atoms with Crippen molar-refractivity contribution in [3.8, 4) is 0 Å². The van der Waals surface area contributed by atoms with Gasteiger partial charge in [0.15, 0.2) is 5.96 Å². The second-order valence-corrected chi connectivity index (χ2v) is 7.47. The van der Waals surface area contributed by atoms with Gasteiger partial charge in [0.25, 0.3) is 0 Å². The topological polar surface area (TPSA) is 47.9 Å². The van der Waals surface area contributed by atoms with E-state index in [0.717, 1.165) is 31.0 Å². The van der Waals surface area contributed by atoms with E-state index in [1.54, 1.807) is 19.0 Å². The Bertz CT molecular complexity index is 639. The molecule has 26 heavy (non-hydrogen) atoms. The summed E-state index contributed by atoms with van der Waals surface area (Å²) in [6, 6.07) is 10.7. The van der Waals surface area contributed by atoms with Crippen molar-refractivity contribution in [2.75, 3.05) is 40.3 Å². The summed E-state index contributed by atoms with van der Waals surface area (Å²) in [6.07, 6.45) is 1.08. The van der Waals surface area contributed by atoms with Crippen molar-refractivity contribution in [1.82, 2.24) is 15.1 Å². The van der Waals surface area contributed by atoms with Gasteiger partial charge in [-0.1, -0.05) is 49.4 Å². The third kappa shape index (κ3) is 5.61. The largest absolute Gasteiger partial charge is 0.353 e. The third-order valence-corrected chi connectivity index (χ3v) is 4.84. The van der Waals surface area contributed by atoms with Gasteiger partial charge in [-0.25, -0.2) is 4.99 Å². The van der Waals surface area contributed by atoms with Crippen molar-refractivity contribution in [3.63, 3.8) is 0 Å². The first-order valence-corrected chi connectivity index (χ1v) is 9.31. The van der Waals surface area contributed by atoms with Crippen LogP contribution in [-0.2, 0) is 4.79 Å². The lowest BCUT2D eigenvalue weighted by Gasteiger charge is -2.39. The zero-order valence-corrected chi connectivity index (χ0v) is 16.5.